The highest BCUT2D eigenvalue weighted by atomic mass is 16.5. The van der Waals surface area contributed by atoms with Gasteiger partial charge in [-0.05, 0) is 31.5 Å². The number of ether oxygens (including phenoxy) is 2. The zero-order valence-corrected chi connectivity index (χ0v) is 16.0. The van der Waals surface area contributed by atoms with Crippen molar-refractivity contribution in [2.24, 2.45) is 0 Å². The molecule has 7 nitrogen and oxygen atoms in total. The standard InChI is InChI=1S/C20H25N5O2/c1-5-7-10-27-20-18-22-8-9-25(18)13-17(24-20)16-11-15(14(3)21-6-2)12-23-19(16)26-4/h5,8-9,11-14,21H,1,6-7,10H2,2-4H3/t14-/m1/s1. The number of pyridine rings is 1. The molecule has 1 atom stereocenters. The average molecular weight is 367 g/mol. The van der Waals surface area contributed by atoms with Crippen LogP contribution in [-0.4, -0.2) is 39.6 Å². The van der Waals surface area contributed by atoms with Crippen LogP contribution in [0.3, 0.4) is 0 Å². The van der Waals surface area contributed by atoms with Crippen molar-refractivity contribution in [2.45, 2.75) is 26.3 Å². The van der Waals surface area contributed by atoms with Crippen molar-refractivity contribution < 1.29 is 9.47 Å². The second kappa shape index (κ2) is 8.64. The summed E-state index contributed by atoms with van der Waals surface area (Å²) in [7, 11) is 1.61. The van der Waals surface area contributed by atoms with Gasteiger partial charge in [-0.2, -0.15) is 0 Å². The molecule has 0 aliphatic rings. The summed E-state index contributed by atoms with van der Waals surface area (Å²) in [5, 5.41) is 3.40. The first-order valence-electron chi connectivity index (χ1n) is 9.03. The number of rotatable bonds is 9. The summed E-state index contributed by atoms with van der Waals surface area (Å²) in [4.78, 5) is 13.5. The van der Waals surface area contributed by atoms with Gasteiger partial charge in [0.05, 0.1) is 25.0 Å². The number of nitrogens with one attached hydrogen (secondary N) is 1. The average Bonchev–Trinajstić information content (AvgIpc) is 3.16. The SMILES string of the molecule is C=CCCOc1nc(-c2cc([C@@H](C)NCC)cnc2OC)cn2ccnc12. The number of methoxy groups -OCH3 is 1. The maximum atomic E-state index is 5.83. The highest BCUT2D eigenvalue weighted by molar-refractivity contribution is 5.68. The first-order chi connectivity index (χ1) is 13.2. The summed E-state index contributed by atoms with van der Waals surface area (Å²) in [6, 6.07) is 2.23. The van der Waals surface area contributed by atoms with Gasteiger partial charge in [0.2, 0.25) is 11.5 Å². The van der Waals surface area contributed by atoms with E-state index in [9.17, 15) is 0 Å². The van der Waals surface area contributed by atoms with Crippen molar-refractivity contribution in [1.29, 1.82) is 0 Å². The second-order valence-electron chi connectivity index (χ2n) is 6.12. The summed E-state index contributed by atoms with van der Waals surface area (Å²) >= 11 is 0. The fraction of sp³-hybridized carbons (Fsp3) is 0.350. The highest BCUT2D eigenvalue weighted by Crippen LogP contribution is 2.31. The molecular weight excluding hydrogens is 342 g/mol. The number of hydrogen-bond donors (Lipinski definition) is 1. The Hall–Kier alpha value is -2.93. The molecule has 3 heterocycles. The van der Waals surface area contributed by atoms with Crippen LogP contribution in [0, 0.1) is 0 Å². The molecule has 27 heavy (non-hydrogen) atoms. The van der Waals surface area contributed by atoms with Crippen LogP contribution in [0.25, 0.3) is 16.9 Å². The Morgan fingerprint density at radius 3 is 2.93 bits per heavy atom. The van der Waals surface area contributed by atoms with Crippen LogP contribution in [0.1, 0.15) is 31.9 Å². The second-order valence-corrected chi connectivity index (χ2v) is 6.12. The predicted octanol–water partition coefficient (Wildman–Crippen LogP) is 3.43. The molecule has 0 fully saturated rings. The summed E-state index contributed by atoms with van der Waals surface area (Å²) in [6.45, 7) is 9.28. The molecule has 3 aromatic rings. The number of fused-ring (bicyclic) bond motifs is 1. The molecule has 0 amide bonds. The molecule has 0 radical (unpaired) electrons. The van der Waals surface area contributed by atoms with E-state index in [4.69, 9.17) is 9.47 Å². The summed E-state index contributed by atoms with van der Waals surface area (Å²) in [5.74, 6) is 0.998. The van der Waals surface area contributed by atoms with Crippen molar-refractivity contribution in [1.82, 2.24) is 24.7 Å². The molecule has 0 saturated carbocycles. The van der Waals surface area contributed by atoms with Crippen LogP contribution >= 0.6 is 0 Å². The van der Waals surface area contributed by atoms with Crippen molar-refractivity contribution in [3.63, 3.8) is 0 Å². The third-order valence-electron chi connectivity index (χ3n) is 4.26. The minimum absolute atomic E-state index is 0.174. The van der Waals surface area contributed by atoms with E-state index in [1.165, 1.54) is 0 Å². The molecule has 142 valence electrons. The van der Waals surface area contributed by atoms with Gasteiger partial charge in [0, 0.05) is 30.8 Å². The van der Waals surface area contributed by atoms with Crippen molar-refractivity contribution in [3.05, 3.63) is 49.1 Å². The highest BCUT2D eigenvalue weighted by Gasteiger charge is 2.16. The molecular formula is C20H25N5O2. The van der Waals surface area contributed by atoms with Gasteiger partial charge in [0.15, 0.2) is 0 Å². The molecule has 0 aliphatic heterocycles. The van der Waals surface area contributed by atoms with Gasteiger partial charge in [0.1, 0.15) is 0 Å². The lowest BCUT2D eigenvalue weighted by atomic mass is 10.1. The van der Waals surface area contributed by atoms with E-state index in [-0.39, 0.29) is 6.04 Å². The molecule has 0 spiro atoms. The lowest BCUT2D eigenvalue weighted by Gasteiger charge is -2.16. The predicted molar refractivity (Wildman–Crippen MR) is 105 cm³/mol. The Morgan fingerprint density at radius 2 is 2.19 bits per heavy atom. The van der Waals surface area contributed by atoms with Crippen LogP contribution < -0.4 is 14.8 Å². The van der Waals surface area contributed by atoms with Crippen LogP contribution in [0.15, 0.2) is 43.5 Å². The Labute approximate surface area is 159 Å². The van der Waals surface area contributed by atoms with Crippen molar-refractivity contribution in [3.8, 4) is 23.0 Å². The molecule has 3 aromatic heterocycles. The fourth-order valence-electron chi connectivity index (χ4n) is 2.84. The summed E-state index contributed by atoms with van der Waals surface area (Å²) in [6.07, 6.45) is 9.87. The van der Waals surface area contributed by atoms with E-state index >= 15 is 0 Å². The molecule has 0 bridgehead atoms. The maximum absolute atomic E-state index is 5.83. The normalized spacial score (nSPS) is 12.1. The largest absolute Gasteiger partial charge is 0.481 e. The Kier molecular flexibility index (Phi) is 6.03. The van der Waals surface area contributed by atoms with Gasteiger partial charge in [-0.15, -0.1) is 6.58 Å². The van der Waals surface area contributed by atoms with E-state index in [0.717, 1.165) is 24.1 Å². The zero-order valence-electron chi connectivity index (χ0n) is 16.0. The fourth-order valence-corrected chi connectivity index (χ4v) is 2.84. The van der Waals surface area contributed by atoms with Crippen LogP contribution in [0.2, 0.25) is 0 Å². The third-order valence-corrected chi connectivity index (χ3v) is 4.26. The third kappa shape index (κ3) is 4.09. The molecule has 3 rings (SSSR count). The van der Waals surface area contributed by atoms with Crippen LogP contribution in [0.5, 0.6) is 11.8 Å². The molecule has 0 aliphatic carbocycles. The molecule has 7 heteroatoms. The number of imidazole rings is 1. The Morgan fingerprint density at radius 1 is 1.33 bits per heavy atom. The lowest BCUT2D eigenvalue weighted by Crippen LogP contribution is -2.18. The van der Waals surface area contributed by atoms with Crippen LogP contribution in [0.4, 0.5) is 0 Å². The number of hydrogen-bond acceptors (Lipinski definition) is 6. The van der Waals surface area contributed by atoms with Gasteiger partial charge in [-0.25, -0.2) is 15.0 Å². The number of nitrogens with zero attached hydrogens (tertiary/aromatic N) is 4. The summed E-state index contributed by atoms with van der Waals surface area (Å²) < 4.78 is 13.2. The Balaban J connectivity index is 2.07. The van der Waals surface area contributed by atoms with Gasteiger partial charge < -0.3 is 19.2 Å². The first kappa shape index (κ1) is 18.8. The maximum Gasteiger partial charge on any atom is 0.258 e. The molecule has 1 N–H and O–H groups in total. The monoisotopic (exact) mass is 367 g/mol. The quantitative estimate of drug-likeness (QED) is 0.461. The Bertz CT molecular complexity index is 922. The van der Waals surface area contributed by atoms with E-state index < -0.39 is 0 Å². The lowest BCUT2D eigenvalue weighted by molar-refractivity contribution is 0.314. The topological polar surface area (TPSA) is 73.6 Å². The summed E-state index contributed by atoms with van der Waals surface area (Å²) in [5.41, 5.74) is 3.26. The van der Waals surface area contributed by atoms with E-state index in [1.54, 1.807) is 13.3 Å². The minimum Gasteiger partial charge on any atom is -0.481 e. The van der Waals surface area contributed by atoms with Crippen molar-refractivity contribution in [2.75, 3.05) is 20.3 Å². The van der Waals surface area contributed by atoms with E-state index in [0.29, 0.717) is 29.7 Å². The van der Waals surface area contributed by atoms with E-state index in [1.807, 2.05) is 29.1 Å². The van der Waals surface area contributed by atoms with E-state index in [2.05, 4.69) is 46.8 Å². The van der Waals surface area contributed by atoms with Gasteiger partial charge in [-0.3, -0.25) is 0 Å². The smallest absolute Gasteiger partial charge is 0.258 e. The zero-order chi connectivity index (χ0) is 19.2. The van der Waals surface area contributed by atoms with Gasteiger partial charge in [-0.1, -0.05) is 13.0 Å². The van der Waals surface area contributed by atoms with Gasteiger partial charge >= 0.3 is 0 Å². The molecule has 0 saturated heterocycles. The van der Waals surface area contributed by atoms with Crippen molar-refractivity contribution >= 4 is 5.65 Å². The number of aromatic nitrogens is 4. The van der Waals surface area contributed by atoms with Crippen LogP contribution in [-0.2, 0) is 0 Å². The first-order valence-corrected chi connectivity index (χ1v) is 9.03. The minimum atomic E-state index is 0.174. The van der Waals surface area contributed by atoms with Gasteiger partial charge in [0.25, 0.3) is 5.88 Å². The molecule has 0 aromatic carbocycles. The molecule has 0 unspecified atom stereocenters.